The van der Waals surface area contributed by atoms with Crippen LogP contribution in [0.15, 0.2) is 71.6 Å². The van der Waals surface area contributed by atoms with Crippen LogP contribution in [0.25, 0.3) is 6.08 Å². The Bertz CT molecular complexity index is 1280. The molecule has 38 heavy (non-hydrogen) atoms. The summed E-state index contributed by atoms with van der Waals surface area (Å²) in [5.74, 6) is 1.47. The second kappa shape index (κ2) is 11.7. The van der Waals surface area contributed by atoms with Crippen LogP contribution in [0, 0.1) is 26.7 Å². The number of rotatable bonds is 7. The number of carbonyl (C=O) groups is 1. The lowest BCUT2D eigenvalue weighted by molar-refractivity contribution is -0.129. The van der Waals surface area contributed by atoms with Crippen molar-refractivity contribution in [2.45, 2.75) is 71.5 Å². The van der Waals surface area contributed by atoms with E-state index in [0.29, 0.717) is 12.5 Å². The van der Waals surface area contributed by atoms with Crippen molar-refractivity contribution in [2.75, 3.05) is 5.32 Å². The molecule has 3 atom stereocenters. The van der Waals surface area contributed by atoms with Gasteiger partial charge >= 0.3 is 0 Å². The minimum atomic E-state index is -0.106. The van der Waals surface area contributed by atoms with Gasteiger partial charge in [-0.15, -0.1) is 0 Å². The third-order valence-electron chi connectivity index (χ3n) is 7.83. The molecule has 2 aliphatic rings. The van der Waals surface area contributed by atoms with E-state index in [4.69, 9.17) is 4.74 Å². The standard InChI is InChI=1S/C33H38N2O2S/c1-22-18-24(3)29(25(4)19-22)21-37-28-16-14-26(15-17-28)20-31-32(36)35(30-13-9-8-10-23(30)2)33(38-31)34-27-11-6-5-7-12-27/h5-7,11-12,14-20,23,30,33-34H,8-10,13,21H2,1-4H3/b31-20-/t23-,30+,33?/m0/s1. The van der Waals surface area contributed by atoms with Gasteiger partial charge in [0, 0.05) is 11.7 Å². The highest BCUT2D eigenvalue weighted by Gasteiger charge is 2.42. The molecule has 0 bridgehead atoms. The maximum Gasteiger partial charge on any atom is 0.262 e. The topological polar surface area (TPSA) is 41.6 Å². The number of amides is 1. The molecule has 1 heterocycles. The molecule has 1 N–H and O–H groups in total. The first-order chi connectivity index (χ1) is 18.4. The largest absolute Gasteiger partial charge is 0.489 e. The molecule has 4 nitrogen and oxygen atoms in total. The van der Waals surface area contributed by atoms with Gasteiger partial charge in [-0.3, -0.25) is 4.79 Å². The molecule has 5 heteroatoms. The molecule has 1 unspecified atom stereocenters. The zero-order valence-corrected chi connectivity index (χ0v) is 23.7. The average molecular weight is 527 g/mol. The van der Waals surface area contributed by atoms with Gasteiger partial charge in [-0.2, -0.15) is 0 Å². The number of para-hydroxylation sites is 1. The lowest BCUT2D eigenvalue weighted by atomic mass is 9.85. The molecule has 5 rings (SSSR count). The van der Waals surface area contributed by atoms with Crippen LogP contribution in [0.3, 0.4) is 0 Å². The van der Waals surface area contributed by atoms with E-state index in [2.05, 4.69) is 62.2 Å². The lowest BCUT2D eigenvalue weighted by Gasteiger charge is -2.39. The number of anilines is 1. The van der Waals surface area contributed by atoms with E-state index in [9.17, 15) is 4.79 Å². The van der Waals surface area contributed by atoms with Crippen LogP contribution in [0.4, 0.5) is 5.69 Å². The normalized spacial score (nSPS) is 22.6. The maximum absolute atomic E-state index is 13.7. The van der Waals surface area contributed by atoms with Gasteiger partial charge in [0.1, 0.15) is 12.4 Å². The molecular weight excluding hydrogens is 488 g/mol. The number of nitrogens with zero attached hydrogens (tertiary/aromatic N) is 1. The van der Waals surface area contributed by atoms with Crippen molar-refractivity contribution in [1.29, 1.82) is 0 Å². The summed E-state index contributed by atoms with van der Waals surface area (Å²) in [5, 5.41) is 3.62. The zero-order chi connectivity index (χ0) is 26.6. The van der Waals surface area contributed by atoms with Gasteiger partial charge in [0.2, 0.25) is 0 Å². The van der Waals surface area contributed by atoms with Gasteiger partial charge in [0.05, 0.1) is 4.91 Å². The average Bonchev–Trinajstić information content (AvgIpc) is 3.19. The summed E-state index contributed by atoms with van der Waals surface area (Å²) in [4.78, 5) is 16.6. The summed E-state index contributed by atoms with van der Waals surface area (Å²) >= 11 is 1.62. The first-order valence-corrected chi connectivity index (χ1v) is 14.6. The van der Waals surface area contributed by atoms with E-state index in [1.807, 2.05) is 48.5 Å². The minimum Gasteiger partial charge on any atom is -0.489 e. The Morgan fingerprint density at radius 1 is 0.974 bits per heavy atom. The van der Waals surface area contributed by atoms with Crippen LogP contribution in [0.5, 0.6) is 5.75 Å². The van der Waals surface area contributed by atoms with Crippen molar-refractivity contribution in [3.63, 3.8) is 0 Å². The fraction of sp³-hybridized carbons (Fsp3) is 0.364. The smallest absolute Gasteiger partial charge is 0.262 e. The van der Waals surface area contributed by atoms with Crippen LogP contribution >= 0.6 is 11.8 Å². The highest BCUT2D eigenvalue weighted by molar-refractivity contribution is 8.05. The number of carbonyl (C=O) groups excluding carboxylic acids is 1. The van der Waals surface area contributed by atoms with Gasteiger partial charge in [0.15, 0.2) is 5.50 Å². The molecule has 0 radical (unpaired) electrons. The number of thioether (sulfide) groups is 1. The molecule has 1 saturated heterocycles. The highest BCUT2D eigenvalue weighted by Crippen LogP contribution is 2.42. The molecule has 1 saturated carbocycles. The molecule has 1 aliphatic heterocycles. The molecule has 2 fully saturated rings. The highest BCUT2D eigenvalue weighted by atomic mass is 32.2. The van der Waals surface area contributed by atoms with Crippen molar-refractivity contribution in [1.82, 2.24) is 4.90 Å². The van der Waals surface area contributed by atoms with Crippen LogP contribution < -0.4 is 10.1 Å². The van der Waals surface area contributed by atoms with Gasteiger partial charge in [-0.1, -0.05) is 79.6 Å². The summed E-state index contributed by atoms with van der Waals surface area (Å²) in [7, 11) is 0. The maximum atomic E-state index is 13.7. The Balaban J connectivity index is 1.32. The third-order valence-corrected chi connectivity index (χ3v) is 8.94. The summed E-state index contributed by atoms with van der Waals surface area (Å²) in [6.45, 7) is 9.25. The third kappa shape index (κ3) is 5.94. The van der Waals surface area contributed by atoms with E-state index in [-0.39, 0.29) is 17.4 Å². The second-order valence-electron chi connectivity index (χ2n) is 10.8. The SMILES string of the molecule is Cc1cc(C)c(COc2ccc(/C=C3\SC(Nc4ccccc4)N([C@@H]4CCCC[C@@H]4C)C3=O)cc2)c(C)c1. The van der Waals surface area contributed by atoms with Crippen molar-refractivity contribution in [3.8, 4) is 5.75 Å². The molecule has 0 aromatic heterocycles. The Kier molecular flexibility index (Phi) is 8.13. The van der Waals surface area contributed by atoms with Crippen LogP contribution in [0.2, 0.25) is 0 Å². The summed E-state index contributed by atoms with van der Waals surface area (Å²) in [6, 6.07) is 22.9. The van der Waals surface area contributed by atoms with Gasteiger partial charge < -0.3 is 15.0 Å². The summed E-state index contributed by atoms with van der Waals surface area (Å²) in [5.41, 5.74) is 6.97. The van der Waals surface area contributed by atoms with Crippen molar-refractivity contribution in [2.24, 2.45) is 5.92 Å². The number of hydrogen-bond donors (Lipinski definition) is 1. The molecule has 3 aromatic rings. The van der Waals surface area contributed by atoms with Crippen molar-refractivity contribution >= 4 is 29.4 Å². The van der Waals surface area contributed by atoms with Gasteiger partial charge in [-0.05, 0) is 92.1 Å². The number of hydrogen-bond acceptors (Lipinski definition) is 4. The number of ether oxygens (including phenoxy) is 1. The lowest BCUT2D eigenvalue weighted by Crippen LogP contribution is -2.48. The van der Waals surface area contributed by atoms with Gasteiger partial charge in [0.25, 0.3) is 5.91 Å². The van der Waals surface area contributed by atoms with Crippen molar-refractivity contribution in [3.05, 3.63) is 99.5 Å². The fourth-order valence-electron chi connectivity index (χ4n) is 5.77. The summed E-state index contributed by atoms with van der Waals surface area (Å²) < 4.78 is 6.12. The van der Waals surface area contributed by atoms with Crippen LogP contribution in [0.1, 0.15) is 60.4 Å². The quantitative estimate of drug-likeness (QED) is 0.316. The Morgan fingerprint density at radius 2 is 1.66 bits per heavy atom. The zero-order valence-electron chi connectivity index (χ0n) is 22.9. The number of benzene rings is 3. The molecule has 0 spiro atoms. The van der Waals surface area contributed by atoms with E-state index in [1.54, 1.807) is 11.8 Å². The number of nitrogens with one attached hydrogen (secondary N) is 1. The van der Waals surface area contributed by atoms with E-state index in [1.165, 1.54) is 41.5 Å². The van der Waals surface area contributed by atoms with Crippen LogP contribution in [-0.2, 0) is 11.4 Å². The van der Waals surface area contributed by atoms with E-state index >= 15 is 0 Å². The Morgan fingerprint density at radius 3 is 2.34 bits per heavy atom. The molecule has 1 aliphatic carbocycles. The van der Waals surface area contributed by atoms with Gasteiger partial charge in [-0.25, -0.2) is 0 Å². The first-order valence-electron chi connectivity index (χ1n) is 13.7. The second-order valence-corrected chi connectivity index (χ2v) is 11.9. The summed E-state index contributed by atoms with van der Waals surface area (Å²) in [6.07, 6.45) is 6.71. The molecule has 198 valence electrons. The Hall–Kier alpha value is -3.18. The van der Waals surface area contributed by atoms with Crippen LogP contribution in [-0.4, -0.2) is 22.3 Å². The molecule has 1 amide bonds. The molecule has 3 aromatic carbocycles. The minimum absolute atomic E-state index is 0.106. The first kappa shape index (κ1) is 26.4. The monoisotopic (exact) mass is 526 g/mol. The predicted molar refractivity (Wildman–Crippen MR) is 159 cm³/mol. The Labute approximate surface area is 231 Å². The number of aryl methyl sites for hydroxylation is 3. The van der Waals surface area contributed by atoms with E-state index < -0.39 is 0 Å². The van der Waals surface area contributed by atoms with Crippen molar-refractivity contribution < 1.29 is 9.53 Å². The fourth-order valence-corrected chi connectivity index (χ4v) is 6.98. The van der Waals surface area contributed by atoms with E-state index in [0.717, 1.165) is 28.3 Å². The molecular formula is C33H38N2O2S. The predicted octanol–water partition coefficient (Wildman–Crippen LogP) is 8.08.